The first-order valence-electron chi connectivity index (χ1n) is 6.16. The predicted molar refractivity (Wildman–Crippen MR) is 71.9 cm³/mol. The smallest absolute Gasteiger partial charge is 0.358 e. The standard InChI is InChI=1S/C13H16N4O2/c1-3-16(4-2)10-5-7-11(8-6-10)17-9-12(13(18)19)14-15-17/h5-9H,3-4H2,1-2H3,(H,18,19). The van der Waals surface area contributed by atoms with Gasteiger partial charge in [-0.3, -0.25) is 0 Å². The zero-order valence-electron chi connectivity index (χ0n) is 10.9. The number of carboxylic acid groups (broad SMARTS) is 1. The maximum Gasteiger partial charge on any atom is 0.358 e. The number of benzene rings is 1. The van der Waals surface area contributed by atoms with Crippen molar-refractivity contribution >= 4 is 11.7 Å². The molecule has 100 valence electrons. The van der Waals surface area contributed by atoms with Crippen molar-refractivity contribution in [1.29, 1.82) is 0 Å². The zero-order chi connectivity index (χ0) is 13.8. The van der Waals surface area contributed by atoms with Gasteiger partial charge in [0.1, 0.15) is 0 Å². The van der Waals surface area contributed by atoms with E-state index in [9.17, 15) is 4.79 Å². The molecule has 19 heavy (non-hydrogen) atoms. The minimum Gasteiger partial charge on any atom is -0.476 e. The molecular weight excluding hydrogens is 244 g/mol. The molecule has 0 aliphatic heterocycles. The third-order valence-corrected chi connectivity index (χ3v) is 2.96. The molecule has 6 heteroatoms. The molecular formula is C13H16N4O2. The summed E-state index contributed by atoms with van der Waals surface area (Å²) in [6, 6.07) is 7.77. The summed E-state index contributed by atoms with van der Waals surface area (Å²) in [5, 5.41) is 16.2. The van der Waals surface area contributed by atoms with Gasteiger partial charge in [-0.25, -0.2) is 9.48 Å². The zero-order valence-corrected chi connectivity index (χ0v) is 10.9. The van der Waals surface area contributed by atoms with Crippen LogP contribution in [0.1, 0.15) is 24.3 Å². The molecule has 0 fully saturated rings. The van der Waals surface area contributed by atoms with Gasteiger partial charge >= 0.3 is 5.97 Å². The van der Waals surface area contributed by atoms with E-state index in [-0.39, 0.29) is 5.69 Å². The molecule has 0 bridgehead atoms. The molecule has 2 rings (SSSR count). The number of nitrogens with zero attached hydrogens (tertiary/aromatic N) is 4. The number of hydrogen-bond acceptors (Lipinski definition) is 4. The second-order valence-corrected chi connectivity index (χ2v) is 4.04. The number of rotatable bonds is 5. The first-order chi connectivity index (χ1) is 9.15. The highest BCUT2D eigenvalue weighted by molar-refractivity contribution is 5.84. The van der Waals surface area contributed by atoms with E-state index in [1.807, 2.05) is 24.3 Å². The van der Waals surface area contributed by atoms with E-state index in [4.69, 9.17) is 5.11 Å². The minimum absolute atomic E-state index is 0.0622. The molecule has 0 atom stereocenters. The molecule has 0 radical (unpaired) electrons. The third-order valence-electron chi connectivity index (χ3n) is 2.96. The first-order valence-corrected chi connectivity index (χ1v) is 6.16. The Morgan fingerprint density at radius 3 is 2.37 bits per heavy atom. The summed E-state index contributed by atoms with van der Waals surface area (Å²) in [6.45, 7) is 6.10. The fourth-order valence-corrected chi connectivity index (χ4v) is 1.89. The third kappa shape index (κ3) is 2.73. The van der Waals surface area contributed by atoms with Crippen molar-refractivity contribution in [2.45, 2.75) is 13.8 Å². The first kappa shape index (κ1) is 13.1. The Morgan fingerprint density at radius 1 is 1.26 bits per heavy atom. The molecule has 0 saturated carbocycles. The molecule has 2 aromatic rings. The number of aromatic carboxylic acids is 1. The van der Waals surface area contributed by atoms with E-state index < -0.39 is 5.97 Å². The number of anilines is 1. The summed E-state index contributed by atoms with van der Waals surface area (Å²) >= 11 is 0. The average Bonchev–Trinajstić information content (AvgIpc) is 2.91. The van der Waals surface area contributed by atoms with Crippen LogP contribution in [0.15, 0.2) is 30.5 Å². The van der Waals surface area contributed by atoms with Crippen molar-refractivity contribution in [1.82, 2.24) is 15.0 Å². The van der Waals surface area contributed by atoms with Crippen molar-refractivity contribution in [2.75, 3.05) is 18.0 Å². The Labute approximate surface area is 111 Å². The Balaban J connectivity index is 2.24. The molecule has 0 amide bonds. The molecule has 0 aliphatic carbocycles. The van der Waals surface area contributed by atoms with Gasteiger partial charge in [-0.15, -0.1) is 5.10 Å². The van der Waals surface area contributed by atoms with Crippen LogP contribution in [0.5, 0.6) is 0 Å². The maximum absolute atomic E-state index is 10.7. The Bertz CT molecular complexity index is 558. The Morgan fingerprint density at radius 2 is 1.89 bits per heavy atom. The number of carboxylic acids is 1. The van der Waals surface area contributed by atoms with Gasteiger partial charge in [0.15, 0.2) is 5.69 Å². The molecule has 1 aromatic carbocycles. The Kier molecular flexibility index (Phi) is 3.79. The second-order valence-electron chi connectivity index (χ2n) is 4.04. The van der Waals surface area contributed by atoms with Crippen molar-refractivity contribution in [3.05, 3.63) is 36.2 Å². The van der Waals surface area contributed by atoms with E-state index in [2.05, 4.69) is 29.1 Å². The molecule has 0 aliphatic rings. The van der Waals surface area contributed by atoms with Crippen molar-refractivity contribution in [2.24, 2.45) is 0 Å². The van der Waals surface area contributed by atoms with E-state index in [0.29, 0.717) is 0 Å². The van der Waals surface area contributed by atoms with Crippen LogP contribution < -0.4 is 4.90 Å². The van der Waals surface area contributed by atoms with Crippen LogP contribution in [-0.4, -0.2) is 39.2 Å². The van der Waals surface area contributed by atoms with Gasteiger partial charge in [-0.1, -0.05) is 5.21 Å². The van der Waals surface area contributed by atoms with E-state index in [1.54, 1.807) is 0 Å². The van der Waals surface area contributed by atoms with E-state index in [0.717, 1.165) is 24.5 Å². The summed E-state index contributed by atoms with van der Waals surface area (Å²) in [4.78, 5) is 13.0. The highest BCUT2D eigenvalue weighted by Crippen LogP contribution is 2.16. The van der Waals surface area contributed by atoms with Crippen LogP contribution in [0, 0.1) is 0 Å². The second kappa shape index (κ2) is 5.51. The van der Waals surface area contributed by atoms with Crippen molar-refractivity contribution < 1.29 is 9.90 Å². The van der Waals surface area contributed by atoms with Gasteiger partial charge in [-0.2, -0.15) is 0 Å². The minimum atomic E-state index is -1.08. The monoisotopic (exact) mass is 260 g/mol. The fourth-order valence-electron chi connectivity index (χ4n) is 1.89. The van der Waals surface area contributed by atoms with Crippen LogP contribution in [-0.2, 0) is 0 Å². The summed E-state index contributed by atoms with van der Waals surface area (Å²) in [7, 11) is 0. The number of carbonyl (C=O) groups is 1. The lowest BCUT2D eigenvalue weighted by molar-refractivity contribution is 0.0690. The van der Waals surface area contributed by atoms with Gasteiger partial charge in [0.25, 0.3) is 0 Å². The molecule has 1 aromatic heterocycles. The SMILES string of the molecule is CCN(CC)c1ccc(-n2cc(C(=O)O)nn2)cc1. The van der Waals surface area contributed by atoms with Crippen LogP contribution in [0.4, 0.5) is 5.69 Å². The lowest BCUT2D eigenvalue weighted by Crippen LogP contribution is -2.21. The number of hydrogen-bond donors (Lipinski definition) is 1. The van der Waals surface area contributed by atoms with Gasteiger partial charge in [-0.05, 0) is 38.1 Å². The molecule has 1 N–H and O–H groups in total. The molecule has 6 nitrogen and oxygen atoms in total. The maximum atomic E-state index is 10.7. The normalized spacial score (nSPS) is 10.4. The van der Waals surface area contributed by atoms with Gasteiger partial charge in [0.2, 0.25) is 0 Å². The Hall–Kier alpha value is -2.37. The van der Waals surface area contributed by atoms with Gasteiger partial charge < -0.3 is 10.0 Å². The lowest BCUT2D eigenvalue weighted by atomic mass is 10.2. The van der Waals surface area contributed by atoms with Crippen LogP contribution in [0.3, 0.4) is 0 Å². The number of aromatic nitrogens is 3. The van der Waals surface area contributed by atoms with E-state index in [1.165, 1.54) is 10.9 Å². The summed E-state index contributed by atoms with van der Waals surface area (Å²) in [5.41, 5.74) is 1.86. The lowest BCUT2D eigenvalue weighted by Gasteiger charge is -2.21. The fraction of sp³-hybridized carbons (Fsp3) is 0.308. The summed E-state index contributed by atoms with van der Waals surface area (Å²) in [5.74, 6) is -1.08. The largest absolute Gasteiger partial charge is 0.476 e. The van der Waals surface area contributed by atoms with Crippen LogP contribution in [0.25, 0.3) is 5.69 Å². The highest BCUT2D eigenvalue weighted by Gasteiger charge is 2.09. The molecule has 1 heterocycles. The summed E-state index contributed by atoms with van der Waals surface area (Å²) in [6.07, 6.45) is 1.40. The van der Waals surface area contributed by atoms with Gasteiger partial charge in [0.05, 0.1) is 11.9 Å². The molecule has 0 unspecified atom stereocenters. The van der Waals surface area contributed by atoms with Crippen LogP contribution in [0.2, 0.25) is 0 Å². The van der Waals surface area contributed by atoms with Crippen molar-refractivity contribution in [3.63, 3.8) is 0 Å². The van der Waals surface area contributed by atoms with E-state index >= 15 is 0 Å². The predicted octanol–water partition coefficient (Wildman–Crippen LogP) is 1.81. The van der Waals surface area contributed by atoms with Crippen LogP contribution >= 0.6 is 0 Å². The summed E-state index contributed by atoms with van der Waals surface area (Å²) < 4.78 is 1.45. The molecule has 0 spiro atoms. The quantitative estimate of drug-likeness (QED) is 0.887. The van der Waals surface area contributed by atoms with Gasteiger partial charge in [0, 0.05) is 18.8 Å². The van der Waals surface area contributed by atoms with Crippen molar-refractivity contribution in [3.8, 4) is 5.69 Å². The molecule has 0 saturated heterocycles. The highest BCUT2D eigenvalue weighted by atomic mass is 16.4. The topological polar surface area (TPSA) is 71.2 Å². The average molecular weight is 260 g/mol.